The molecule has 1 saturated carbocycles. The fourth-order valence-electron chi connectivity index (χ4n) is 2.64. The van der Waals surface area contributed by atoms with Crippen LogP contribution in [0.15, 0.2) is 48.5 Å². The standard InChI is InChI=1S/C19H20N4O3/c1-11-9-16(11)18(25)22-15-4-2-3-12(10-15)17(24)21-13-5-7-14(8-6-13)23-19(20)26/h2-8,10-11,16H,9H2,1H3,(H,21,24)(H,22,25)(H3,20,23,26)/t11-,16-/m0/s1. The topological polar surface area (TPSA) is 113 Å². The fraction of sp³-hybridized carbons (Fsp3) is 0.211. The van der Waals surface area contributed by atoms with Crippen LogP contribution in [0.25, 0.3) is 0 Å². The highest BCUT2D eigenvalue weighted by Gasteiger charge is 2.39. The number of urea groups is 1. The van der Waals surface area contributed by atoms with Crippen LogP contribution in [0.5, 0.6) is 0 Å². The van der Waals surface area contributed by atoms with Gasteiger partial charge >= 0.3 is 6.03 Å². The molecule has 2 atom stereocenters. The Labute approximate surface area is 151 Å². The summed E-state index contributed by atoms with van der Waals surface area (Å²) < 4.78 is 0. The number of hydrogen-bond acceptors (Lipinski definition) is 3. The second-order valence-electron chi connectivity index (χ2n) is 6.41. The molecule has 0 spiro atoms. The molecule has 134 valence electrons. The van der Waals surface area contributed by atoms with Crippen molar-refractivity contribution in [2.45, 2.75) is 13.3 Å². The highest BCUT2D eigenvalue weighted by Crippen LogP contribution is 2.38. The molecule has 7 heteroatoms. The molecule has 0 saturated heterocycles. The maximum Gasteiger partial charge on any atom is 0.316 e. The Bertz CT molecular complexity index is 848. The molecule has 1 aliphatic rings. The molecule has 2 aromatic rings. The lowest BCUT2D eigenvalue weighted by Crippen LogP contribution is -2.19. The van der Waals surface area contributed by atoms with Crippen molar-refractivity contribution in [2.24, 2.45) is 17.6 Å². The van der Waals surface area contributed by atoms with E-state index in [0.717, 1.165) is 6.42 Å². The van der Waals surface area contributed by atoms with Crippen molar-refractivity contribution in [2.75, 3.05) is 16.0 Å². The molecule has 26 heavy (non-hydrogen) atoms. The van der Waals surface area contributed by atoms with E-state index in [4.69, 9.17) is 5.73 Å². The zero-order valence-electron chi connectivity index (χ0n) is 14.3. The number of primary amides is 1. The van der Waals surface area contributed by atoms with Crippen molar-refractivity contribution >= 4 is 34.9 Å². The van der Waals surface area contributed by atoms with E-state index in [9.17, 15) is 14.4 Å². The summed E-state index contributed by atoms with van der Waals surface area (Å²) in [7, 11) is 0. The zero-order chi connectivity index (χ0) is 18.7. The first kappa shape index (κ1) is 17.5. The number of benzene rings is 2. The minimum atomic E-state index is -0.652. The molecular weight excluding hydrogens is 332 g/mol. The Hall–Kier alpha value is -3.35. The number of nitrogens with one attached hydrogen (secondary N) is 3. The SMILES string of the molecule is C[C@H]1C[C@@H]1C(=O)Nc1cccc(C(=O)Nc2ccc(NC(N)=O)cc2)c1. The number of carbonyl (C=O) groups is 3. The minimum Gasteiger partial charge on any atom is -0.351 e. The van der Waals surface area contributed by atoms with Crippen molar-refractivity contribution < 1.29 is 14.4 Å². The monoisotopic (exact) mass is 352 g/mol. The Kier molecular flexibility index (Phi) is 4.88. The third kappa shape index (κ3) is 4.38. The van der Waals surface area contributed by atoms with Crippen molar-refractivity contribution in [3.63, 3.8) is 0 Å². The molecule has 0 aliphatic heterocycles. The molecule has 0 heterocycles. The number of rotatable bonds is 5. The van der Waals surface area contributed by atoms with E-state index in [2.05, 4.69) is 16.0 Å². The van der Waals surface area contributed by atoms with Crippen LogP contribution in [-0.2, 0) is 4.79 Å². The van der Waals surface area contributed by atoms with E-state index in [0.29, 0.717) is 28.5 Å². The zero-order valence-corrected chi connectivity index (χ0v) is 14.3. The molecule has 2 aromatic carbocycles. The van der Waals surface area contributed by atoms with Gasteiger partial charge in [0.05, 0.1) is 0 Å². The third-order valence-electron chi connectivity index (χ3n) is 4.25. The van der Waals surface area contributed by atoms with Gasteiger partial charge in [0, 0.05) is 28.5 Å². The Morgan fingerprint density at radius 2 is 1.54 bits per heavy atom. The van der Waals surface area contributed by atoms with Crippen molar-refractivity contribution in [3.8, 4) is 0 Å². The Morgan fingerprint density at radius 3 is 2.12 bits per heavy atom. The van der Waals surface area contributed by atoms with Gasteiger partial charge < -0.3 is 21.7 Å². The summed E-state index contributed by atoms with van der Waals surface area (Å²) in [6.45, 7) is 2.04. The quantitative estimate of drug-likeness (QED) is 0.663. The summed E-state index contributed by atoms with van der Waals surface area (Å²) in [4.78, 5) is 35.2. The summed E-state index contributed by atoms with van der Waals surface area (Å²) in [5.41, 5.74) is 7.20. The number of amides is 4. The molecule has 7 nitrogen and oxygen atoms in total. The molecule has 1 aliphatic carbocycles. The lowest BCUT2D eigenvalue weighted by Gasteiger charge is -2.09. The third-order valence-corrected chi connectivity index (χ3v) is 4.25. The van der Waals surface area contributed by atoms with E-state index < -0.39 is 6.03 Å². The van der Waals surface area contributed by atoms with Crippen LogP contribution in [-0.4, -0.2) is 17.8 Å². The number of nitrogens with two attached hydrogens (primary N) is 1. The van der Waals surface area contributed by atoms with Crippen molar-refractivity contribution in [3.05, 3.63) is 54.1 Å². The first-order valence-corrected chi connectivity index (χ1v) is 8.31. The largest absolute Gasteiger partial charge is 0.351 e. The maximum absolute atomic E-state index is 12.4. The lowest BCUT2D eigenvalue weighted by atomic mass is 10.1. The van der Waals surface area contributed by atoms with Gasteiger partial charge in [-0.25, -0.2) is 4.79 Å². The summed E-state index contributed by atoms with van der Waals surface area (Å²) >= 11 is 0. The number of anilines is 3. The molecule has 0 radical (unpaired) electrons. The summed E-state index contributed by atoms with van der Waals surface area (Å²) in [5, 5.41) is 8.06. The highest BCUT2D eigenvalue weighted by molar-refractivity contribution is 6.05. The minimum absolute atomic E-state index is 0.00685. The summed E-state index contributed by atoms with van der Waals surface area (Å²) in [5.74, 6) is 0.192. The van der Waals surface area contributed by atoms with Crippen LogP contribution in [0.4, 0.5) is 21.9 Å². The van der Waals surface area contributed by atoms with E-state index in [-0.39, 0.29) is 17.7 Å². The van der Waals surface area contributed by atoms with E-state index in [1.54, 1.807) is 48.5 Å². The first-order valence-electron chi connectivity index (χ1n) is 8.31. The molecule has 4 amide bonds. The summed E-state index contributed by atoms with van der Waals surface area (Å²) in [6.07, 6.45) is 0.909. The van der Waals surface area contributed by atoms with Gasteiger partial charge in [-0.05, 0) is 54.8 Å². The van der Waals surface area contributed by atoms with Gasteiger partial charge in [-0.1, -0.05) is 13.0 Å². The van der Waals surface area contributed by atoms with E-state index in [1.165, 1.54) is 0 Å². The number of hydrogen-bond donors (Lipinski definition) is 4. The predicted octanol–water partition coefficient (Wildman–Crippen LogP) is 3.02. The van der Waals surface area contributed by atoms with Crippen LogP contribution in [0.2, 0.25) is 0 Å². The highest BCUT2D eigenvalue weighted by atomic mass is 16.2. The maximum atomic E-state index is 12.4. The Morgan fingerprint density at radius 1 is 0.923 bits per heavy atom. The number of carbonyl (C=O) groups excluding carboxylic acids is 3. The predicted molar refractivity (Wildman–Crippen MR) is 99.9 cm³/mol. The molecule has 1 fully saturated rings. The van der Waals surface area contributed by atoms with Gasteiger partial charge in [0.2, 0.25) is 5.91 Å². The van der Waals surface area contributed by atoms with Crippen LogP contribution in [0.1, 0.15) is 23.7 Å². The molecule has 0 aromatic heterocycles. The molecule has 0 bridgehead atoms. The van der Waals surface area contributed by atoms with Crippen LogP contribution in [0.3, 0.4) is 0 Å². The lowest BCUT2D eigenvalue weighted by molar-refractivity contribution is -0.117. The fourth-order valence-corrected chi connectivity index (χ4v) is 2.64. The normalized spacial score (nSPS) is 17.9. The molecule has 0 unspecified atom stereocenters. The first-order chi connectivity index (χ1) is 12.4. The van der Waals surface area contributed by atoms with Crippen molar-refractivity contribution in [1.29, 1.82) is 0 Å². The summed E-state index contributed by atoms with van der Waals surface area (Å²) in [6, 6.07) is 12.7. The van der Waals surface area contributed by atoms with Crippen molar-refractivity contribution in [1.82, 2.24) is 0 Å². The second-order valence-corrected chi connectivity index (χ2v) is 6.41. The molecular formula is C19H20N4O3. The molecule has 3 rings (SSSR count). The van der Waals surface area contributed by atoms with Crippen LogP contribution < -0.4 is 21.7 Å². The molecule has 5 N–H and O–H groups in total. The van der Waals surface area contributed by atoms with Gasteiger partial charge in [0.15, 0.2) is 0 Å². The Balaban J connectivity index is 1.63. The average molecular weight is 352 g/mol. The van der Waals surface area contributed by atoms with Gasteiger partial charge in [-0.2, -0.15) is 0 Å². The van der Waals surface area contributed by atoms with E-state index in [1.807, 2.05) is 6.92 Å². The smallest absolute Gasteiger partial charge is 0.316 e. The van der Waals surface area contributed by atoms with Gasteiger partial charge in [-0.3, -0.25) is 9.59 Å². The second kappa shape index (κ2) is 7.26. The van der Waals surface area contributed by atoms with Gasteiger partial charge in [0.25, 0.3) is 5.91 Å². The van der Waals surface area contributed by atoms with Gasteiger partial charge in [0.1, 0.15) is 0 Å². The van der Waals surface area contributed by atoms with Gasteiger partial charge in [-0.15, -0.1) is 0 Å². The van der Waals surface area contributed by atoms with E-state index >= 15 is 0 Å². The van der Waals surface area contributed by atoms with Crippen LogP contribution >= 0.6 is 0 Å². The average Bonchev–Trinajstić information content (AvgIpc) is 3.33. The van der Waals surface area contributed by atoms with Crippen LogP contribution in [0, 0.1) is 11.8 Å².